The van der Waals surface area contributed by atoms with E-state index in [0.717, 1.165) is 77.1 Å². The molecule has 33 heavy (non-hydrogen) atoms. The Labute approximate surface area is 215 Å². The Kier molecular flexibility index (Phi) is 10.2. The summed E-state index contributed by atoms with van der Waals surface area (Å²) < 4.78 is 0. The van der Waals surface area contributed by atoms with E-state index in [1.165, 1.54) is 5.56 Å². The van der Waals surface area contributed by atoms with Crippen molar-refractivity contribution in [1.82, 2.24) is 25.0 Å². The summed E-state index contributed by atoms with van der Waals surface area (Å²) in [6.45, 7) is 9.27. The van der Waals surface area contributed by atoms with Crippen LogP contribution in [-0.4, -0.2) is 98.6 Å². The molecule has 8 heteroatoms. The third-order valence-corrected chi connectivity index (χ3v) is 6.55. The number of rotatable bonds is 6. The molecule has 1 N–H and O–H groups in total. The average molecular weight is 564 g/mol. The van der Waals surface area contributed by atoms with Gasteiger partial charge in [0.15, 0.2) is 5.96 Å². The number of anilines is 1. The molecule has 2 aliphatic rings. The van der Waals surface area contributed by atoms with Gasteiger partial charge < -0.3 is 20.0 Å². The summed E-state index contributed by atoms with van der Waals surface area (Å²) in [6, 6.07) is 17.5. The first kappa shape index (κ1) is 25.7. The minimum atomic E-state index is 0. The molecule has 0 aliphatic carbocycles. The van der Waals surface area contributed by atoms with Gasteiger partial charge in [-0.2, -0.15) is 0 Å². The van der Waals surface area contributed by atoms with Gasteiger partial charge in [0.05, 0.1) is 0 Å². The molecule has 1 unspecified atom stereocenters. The zero-order valence-electron chi connectivity index (χ0n) is 19.9. The number of halogens is 1. The number of nitrogens with zero attached hydrogens (tertiary/aromatic N) is 6. The Morgan fingerprint density at radius 2 is 1.76 bits per heavy atom. The third-order valence-electron chi connectivity index (χ3n) is 6.55. The van der Waals surface area contributed by atoms with Crippen LogP contribution < -0.4 is 10.2 Å². The molecule has 2 fully saturated rings. The van der Waals surface area contributed by atoms with Crippen LogP contribution in [0.5, 0.6) is 0 Å². The van der Waals surface area contributed by atoms with E-state index in [0.29, 0.717) is 6.04 Å². The van der Waals surface area contributed by atoms with Gasteiger partial charge in [-0.1, -0.05) is 36.4 Å². The lowest BCUT2D eigenvalue weighted by molar-refractivity contribution is 0.0891. The normalized spacial score (nSPS) is 20.4. The number of piperazine rings is 2. The molecule has 0 saturated carbocycles. The fourth-order valence-corrected chi connectivity index (χ4v) is 4.72. The maximum Gasteiger partial charge on any atom is 0.193 e. The van der Waals surface area contributed by atoms with E-state index < -0.39 is 0 Å². The third kappa shape index (κ3) is 7.04. The SMILES string of the molecule is CN=C(NCCCN1CCN(C)CC1c1ccccc1)N1CCN(c2ccccn2)CC1.I. The number of hydrogen-bond acceptors (Lipinski definition) is 5. The molecule has 4 rings (SSSR count). The first-order chi connectivity index (χ1) is 15.7. The molecule has 2 saturated heterocycles. The Morgan fingerprint density at radius 1 is 1.00 bits per heavy atom. The highest BCUT2D eigenvalue weighted by Gasteiger charge is 2.26. The quantitative estimate of drug-likeness (QED) is 0.253. The molecular weight excluding hydrogens is 525 g/mol. The number of pyridine rings is 1. The minimum absolute atomic E-state index is 0. The summed E-state index contributed by atoms with van der Waals surface area (Å²) in [4.78, 5) is 18.8. The van der Waals surface area contributed by atoms with Crippen molar-refractivity contribution in [2.75, 3.05) is 77.9 Å². The topological polar surface area (TPSA) is 50.2 Å². The molecule has 0 radical (unpaired) electrons. The molecule has 7 nitrogen and oxygen atoms in total. The molecule has 2 aliphatic heterocycles. The lowest BCUT2D eigenvalue weighted by atomic mass is 10.0. The van der Waals surface area contributed by atoms with Crippen molar-refractivity contribution >= 4 is 35.8 Å². The zero-order chi connectivity index (χ0) is 22.2. The van der Waals surface area contributed by atoms with Crippen molar-refractivity contribution in [3.63, 3.8) is 0 Å². The maximum absolute atomic E-state index is 4.54. The van der Waals surface area contributed by atoms with E-state index in [1.807, 2.05) is 19.3 Å². The highest BCUT2D eigenvalue weighted by atomic mass is 127. The minimum Gasteiger partial charge on any atom is -0.356 e. The fraction of sp³-hybridized carbons (Fsp3) is 0.520. The van der Waals surface area contributed by atoms with E-state index in [4.69, 9.17) is 0 Å². The summed E-state index contributed by atoms with van der Waals surface area (Å²) in [7, 11) is 4.12. The number of guanidine groups is 1. The van der Waals surface area contributed by atoms with E-state index in [2.05, 4.69) is 84.4 Å². The number of aromatic nitrogens is 1. The predicted octanol–water partition coefficient (Wildman–Crippen LogP) is 2.78. The molecule has 0 amide bonds. The highest BCUT2D eigenvalue weighted by Crippen LogP contribution is 2.24. The Hall–Kier alpha value is -1.91. The lowest BCUT2D eigenvalue weighted by Gasteiger charge is -2.40. The summed E-state index contributed by atoms with van der Waals surface area (Å²) in [5.74, 6) is 2.08. The zero-order valence-corrected chi connectivity index (χ0v) is 22.3. The second-order valence-electron chi connectivity index (χ2n) is 8.71. The Bertz CT molecular complexity index is 840. The fourth-order valence-electron chi connectivity index (χ4n) is 4.72. The van der Waals surface area contributed by atoms with E-state index >= 15 is 0 Å². The number of benzene rings is 1. The first-order valence-electron chi connectivity index (χ1n) is 11.8. The number of aliphatic imine (C=N–C) groups is 1. The van der Waals surface area contributed by atoms with Gasteiger partial charge in [0.2, 0.25) is 0 Å². The molecule has 1 atom stereocenters. The second-order valence-corrected chi connectivity index (χ2v) is 8.71. The van der Waals surface area contributed by atoms with Gasteiger partial charge in [0.1, 0.15) is 5.82 Å². The van der Waals surface area contributed by atoms with Crippen LogP contribution in [0.15, 0.2) is 59.7 Å². The van der Waals surface area contributed by atoms with Gasteiger partial charge in [0.25, 0.3) is 0 Å². The summed E-state index contributed by atoms with van der Waals surface area (Å²) in [5.41, 5.74) is 1.42. The van der Waals surface area contributed by atoms with Crippen molar-refractivity contribution in [2.45, 2.75) is 12.5 Å². The van der Waals surface area contributed by atoms with Crippen molar-refractivity contribution in [2.24, 2.45) is 4.99 Å². The molecule has 0 spiro atoms. The van der Waals surface area contributed by atoms with Crippen LogP contribution in [0.4, 0.5) is 5.82 Å². The number of hydrogen-bond donors (Lipinski definition) is 1. The van der Waals surface area contributed by atoms with Crippen LogP contribution in [0.1, 0.15) is 18.0 Å². The van der Waals surface area contributed by atoms with Crippen molar-refractivity contribution in [3.05, 3.63) is 60.3 Å². The largest absolute Gasteiger partial charge is 0.356 e. The molecule has 180 valence electrons. The monoisotopic (exact) mass is 563 g/mol. The van der Waals surface area contributed by atoms with Crippen LogP contribution in [0.25, 0.3) is 0 Å². The lowest BCUT2D eigenvalue weighted by Crippen LogP contribution is -2.53. The van der Waals surface area contributed by atoms with Crippen LogP contribution in [0.2, 0.25) is 0 Å². The van der Waals surface area contributed by atoms with Gasteiger partial charge in [-0.15, -0.1) is 24.0 Å². The van der Waals surface area contributed by atoms with Crippen LogP contribution in [0.3, 0.4) is 0 Å². The predicted molar refractivity (Wildman–Crippen MR) is 148 cm³/mol. The average Bonchev–Trinajstić information content (AvgIpc) is 2.86. The Morgan fingerprint density at radius 3 is 2.45 bits per heavy atom. The molecule has 2 aromatic rings. The van der Waals surface area contributed by atoms with Gasteiger partial charge in [-0.25, -0.2) is 4.98 Å². The molecule has 1 aromatic carbocycles. The van der Waals surface area contributed by atoms with Gasteiger partial charge in [-0.3, -0.25) is 9.89 Å². The maximum atomic E-state index is 4.54. The number of nitrogens with one attached hydrogen (secondary N) is 1. The van der Waals surface area contributed by atoms with Crippen LogP contribution in [0, 0.1) is 0 Å². The number of likely N-dealkylation sites (N-methyl/N-ethyl adjacent to an activating group) is 1. The standard InChI is InChI=1S/C25H37N7.HI/c1-26-25(32-19-17-31(18-20-32)24-11-6-7-12-27-24)28-13-8-14-30-16-15-29(2)21-23(30)22-9-4-3-5-10-22;/h3-7,9-12,23H,8,13-21H2,1-2H3,(H,26,28);1H. The summed E-state index contributed by atoms with van der Waals surface area (Å²) in [6.07, 6.45) is 2.98. The smallest absolute Gasteiger partial charge is 0.193 e. The van der Waals surface area contributed by atoms with E-state index in [9.17, 15) is 0 Å². The van der Waals surface area contributed by atoms with Crippen molar-refractivity contribution < 1.29 is 0 Å². The van der Waals surface area contributed by atoms with Gasteiger partial charge in [-0.05, 0) is 31.2 Å². The van der Waals surface area contributed by atoms with Gasteiger partial charge in [0, 0.05) is 78.2 Å². The van der Waals surface area contributed by atoms with Crippen LogP contribution in [-0.2, 0) is 0 Å². The molecular formula is C25H38IN7. The summed E-state index contributed by atoms with van der Waals surface area (Å²) in [5, 5.41) is 3.60. The van der Waals surface area contributed by atoms with Crippen LogP contribution >= 0.6 is 24.0 Å². The molecule has 3 heterocycles. The molecule has 1 aromatic heterocycles. The van der Waals surface area contributed by atoms with E-state index in [1.54, 1.807) is 0 Å². The van der Waals surface area contributed by atoms with E-state index in [-0.39, 0.29) is 24.0 Å². The summed E-state index contributed by atoms with van der Waals surface area (Å²) >= 11 is 0. The molecule has 0 bridgehead atoms. The Balaban J connectivity index is 0.00000306. The van der Waals surface area contributed by atoms with Crippen molar-refractivity contribution in [1.29, 1.82) is 0 Å². The first-order valence-corrected chi connectivity index (χ1v) is 11.8. The van der Waals surface area contributed by atoms with Crippen molar-refractivity contribution in [3.8, 4) is 0 Å². The highest BCUT2D eigenvalue weighted by molar-refractivity contribution is 14.0. The van der Waals surface area contributed by atoms with Gasteiger partial charge >= 0.3 is 0 Å². The second kappa shape index (κ2) is 13.1.